The van der Waals surface area contributed by atoms with Crippen molar-refractivity contribution in [2.24, 2.45) is 4.99 Å². The van der Waals surface area contributed by atoms with Gasteiger partial charge in [0.2, 0.25) is 6.08 Å². The molecular formula is C8H8N2O. The van der Waals surface area contributed by atoms with Crippen molar-refractivity contribution >= 4 is 11.9 Å². The average Bonchev–Trinajstić information content (AvgIpc) is 1.85. The van der Waals surface area contributed by atoms with Crippen molar-refractivity contribution in [2.75, 3.05) is 0 Å². The van der Waals surface area contributed by atoms with Crippen molar-refractivity contribution in [1.82, 2.24) is 4.98 Å². The van der Waals surface area contributed by atoms with E-state index in [2.05, 4.69) is 9.98 Å². The molecule has 1 aromatic heterocycles. The number of rotatable bonds is 1. The van der Waals surface area contributed by atoms with Gasteiger partial charge in [0.1, 0.15) is 0 Å². The topological polar surface area (TPSA) is 42.3 Å². The van der Waals surface area contributed by atoms with Crippen LogP contribution in [0, 0.1) is 13.8 Å². The van der Waals surface area contributed by atoms with Gasteiger partial charge < -0.3 is 0 Å². The van der Waals surface area contributed by atoms with Gasteiger partial charge in [0, 0.05) is 5.69 Å². The van der Waals surface area contributed by atoms with Crippen LogP contribution in [-0.4, -0.2) is 11.1 Å². The molecule has 0 saturated heterocycles. The van der Waals surface area contributed by atoms with Crippen molar-refractivity contribution < 1.29 is 4.79 Å². The summed E-state index contributed by atoms with van der Waals surface area (Å²) in [7, 11) is 0. The zero-order valence-corrected chi connectivity index (χ0v) is 6.46. The molecule has 0 aliphatic rings. The molecule has 11 heavy (non-hydrogen) atoms. The standard InChI is InChI=1S/C8H8N2O/c1-6-3-7(2)10-8(4-6)9-5-11/h3-4H,1-2H3. The molecule has 0 bridgehead atoms. The molecule has 1 heterocycles. The van der Waals surface area contributed by atoms with E-state index in [1.54, 1.807) is 6.07 Å². The molecule has 3 heteroatoms. The van der Waals surface area contributed by atoms with Crippen LogP contribution in [0.4, 0.5) is 5.82 Å². The lowest BCUT2D eigenvalue weighted by molar-refractivity contribution is 0.565. The highest BCUT2D eigenvalue weighted by Gasteiger charge is 1.93. The maximum Gasteiger partial charge on any atom is 0.242 e. The Labute approximate surface area is 64.8 Å². The summed E-state index contributed by atoms with van der Waals surface area (Å²) in [4.78, 5) is 17.3. The Hall–Kier alpha value is -1.47. The number of nitrogens with zero attached hydrogens (tertiary/aromatic N) is 2. The molecule has 0 unspecified atom stereocenters. The molecule has 0 aliphatic heterocycles. The fraction of sp³-hybridized carbons (Fsp3) is 0.250. The summed E-state index contributed by atoms with van der Waals surface area (Å²) in [5, 5.41) is 0. The van der Waals surface area contributed by atoms with Crippen LogP contribution in [0.5, 0.6) is 0 Å². The number of aromatic nitrogens is 1. The fourth-order valence-electron chi connectivity index (χ4n) is 0.924. The van der Waals surface area contributed by atoms with Crippen LogP contribution in [0.2, 0.25) is 0 Å². The van der Waals surface area contributed by atoms with Crippen LogP contribution in [0.3, 0.4) is 0 Å². The minimum absolute atomic E-state index is 0.428. The molecule has 0 saturated carbocycles. The number of aryl methyl sites for hydroxylation is 2. The van der Waals surface area contributed by atoms with Crippen molar-refractivity contribution in [1.29, 1.82) is 0 Å². The van der Waals surface area contributed by atoms with Gasteiger partial charge in [0.25, 0.3) is 0 Å². The molecular weight excluding hydrogens is 140 g/mol. The van der Waals surface area contributed by atoms with Crippen molar-refractivity contribution in [3.63, 3.8) is 0 Å². The Balaban J connectivity index is 3.18. The normalized spacial score (nSPS) is 8.91. The highest BCUT2D eigenvalue weighted by molar-refractivity contribution is 5.45. The molecule has 0 aliphatic carbocycles. The van der Waals surface area contributed by atoms with E-state index in [4.69, 9.17) is 0 Å². The number of isocyanates is 1. The first kappa shape index (κ1) is 7.63. The molecule has 0 amide bonds. The second-order valence-electron chi connectivity index (χ2n) is 2.35. The van der Waals surface area contributed by atoms with Crippen LogP contribution in [0.15, 0.2) is 17.1 Å². The molecule has 0 atom stereocenters. The minimum atomic E-state index is 0.428. The van der Waals surface area contributed by atoms with Crippen molar-refractivity contribution in [2.45, 2.75) is 13.8 Å². The van der Waals surface area contributed by atoms with E-state index in [-0.39, 0.29) is 0 Å². The van der Waals surface area contributed by atoms with Crippen molar-refractivity contribution in [3.8, 4) is 0 Å². The van der Waals surface area contributed by atoms with Crippen LogP contribution in [0.25, 0.3) is 0 Å². The van der Waals surface area contributed by atoms with Gasteiger partial charge in [-0.25, -0.2) is 9.78 Å². The second kappa shape index (κ2) is 3.08. The third-order valence-electron chi connectivity index (χ3n) is 1.24. The lowest BCUT2D eigenvalue weighted by Gasteiger charge is -1.95. The zero-order chi connectivity index (χ0) is 8.27. The molecule has 3 nitrogen and oxygen atoms in total. The summed E-state index contributed by atoms with van der Waals surface area (Å²) in [6, 6.07) is 3.65. The minimum Gasteiger partial charge on any atom is -0.233 e. The number of hydrogen-bond donors (Lipinski definition) is 0. The van der Waals surface area contributed by atoms with Gasteiger partial charge in [-0.05, 0) is 31.5 Å². The van der Waals surface area contributed by atoms with E-state index in [1.165, 1.54) is 6.08 Å². The van der Waals surface area contributed by atoms with Crippen molar-refractivity contribution in [3.05, 3.63) is 23.4 Å². The van der Waals surface area contributed by atoms with Crippen LogP contribution in [0.1, 0.15) is 11.3 Å². The highest BCUT2D eigenvalue weighted by atomic mass is 16.1. The Kier molecular flexibility index (Phi) is 2.14. The van der Waals surface area contributed by atoms with Crippen LogP contribution < -0.4 is 0 Å². The monoisotopic (exact) mass is 148 g/mol. The maximum absolute atomic E-state index is 9.87. The van der Waals surface area contributed by atoms with E-state index in [9.17, 15) is 4.79 Å². The van der Waals surface area contributed by atoms with E-state index in [0.29, 0.717) is 5.82 Å². The molecule has 56 valence electrons. The quantitative estimate of drug-likeness (QED) is 0.449. The van der Waals surface area contributed by atoms with E-state index >= 15 is 0 Å². The third-order valence-corrected chi connectivity index (χ3v) is 1.24. The van der Waals surface area contributed by atoms with Gasteiger partial charge in [-0.1, -0.05) is 0 Å². The smallest absolute Gasteiger partial charge is 0.233 e. The maximum atomic E-state index is 9.87. The highest BCUT2D eigenvalue weighted by Crippen LogP contribution is 2.10. The number of carbonyl (C=O) groups excluding carboxylic acids is 1. The molecule has 1 rings (SSSR count). The number of hydrogen-bond acceptors (Lipinski definition) is 3. The molecule has 0 radical (unpaired) electrons. The fourth-order valence-corrected chi connectivity index (χ4v) is 0.924. The third kappa shape index (κ3) is 1.99. The Morgan fingerprint density at radius 1 is 1.45 bits per heavy atom. The van der Waals surface area contributed by atoms with E-state index in [0.717, 1.165) is 11.3 Å². The molecule has 0 aromatic carbocycles. The lowest BCUT2D eigenvalue weighted by atomic mass is 10.2. The first-order valence-electron chi connectivity index (χ1n) is 3.25. The van der Waals surface area contributed by atoms with Gasteiger partial charge in [-0.2, -0.15) is 0 Å². The van der Waals surface area contributed by atoms with Gasteiger partial charge in [0.15, 0.2) is 5.82 Å². The predicted octanol–water partition coefficient (Wildman–Crippen LogP) is 1.67. The predicted molar refractivity (Wildman–Crippen MR) is 41.5 cm³/mol. The SMILES string of the molecule is Cc1cc(C)nc(N=C=O)c1. The van der Waals surface area contributed by atoms with E-state index in [1.807, 2.05) is 19.9 Å². The largest absolute Gasteiger partial charge is 0.242 e. The Morgan fingerprint density at radius 2 is 2.18 bits per heavy atom. The van der Waals surface area contributed by atoms with Gasteiger partial charge in [-0.15, -0.1) is 4.99 Å². The lowest BCUT2D eigenvalue weighted by Crippen LogP contribution is -1.82. The van der Waals surface area contributed by atoms with Gasteiger partial charge in [-0.3, -0.25) is 0 Å². The summed E-state index contributed by atoms with van der Waals surface area (Å²) in [6.07, 6.45) is 1.45. The summed E-state index contributed by atoms with van der Waals surface area (Å²) >= 11 is 0. The van der Waals surface area contributed by atoms with Gasteiger partial charge >= 0.3 is 0 Å². The Morgan fingerprint density at radius 3 is 2.73 bits per heavy atom. The average molecular weight is 148 g/mol. The molecule has 0 fully saturated rings. The Bertz CT molecular complexity index is 294. The molecule has 0 spiro atoms. The first-order valence-corrected chi connectivity index (χ1v) is 3.25. The molecule has 1 aromatic rings. The van der Waals surface area contributed by atoms with Gasteiger partial charge in [0.05, 0.1) is 0 Å². The van der Waals surface area contributed by atoms with Crippen LogP contribution in [-0.2, 0) is 4.79 Å². The van der Waals surface area contributed by atoms with E-state index < -0.39 is 0 Å². The first-order chi connectivity index (χ1) is 5.22. The summed E-state index contributed by atoms with van der Waals surface area (Å²) < 4.78 is 0. The zero-order valence-electron chi connectivity index (χ0n) is 6.46. The number of aliphatic imine (C=N–C) groups is 1. The summed E-state index contributed by atoms with van der Waals surface area (Å²) in [5.41, 5.74) is 1.91. The summed E-state index contributed by atoms with van der Waals surface area (Å²) in [6.45, 7) is 3.79. The number of pyridine rings is 1. The summed E-state index contributed by atoms with van der Waals surface area (Å²) in [5.74, 6) is 0.428. The second-order valence-corrected chi connectivity index (χ2v) is 2.35. The van der Waals surface area contributed by atoms with Crippen LogP contribution >= 0.6 is 0 Å². The molecule has 0 N–H and O–H groups in total.